The number of carbonyl (C=O) groups excluding carboxylic acids is 1. The molecule has 1 aliphatic carbocycles. The first-order chi connectivity index (χ1) is 12.6. The highest BCUT2D eigenvalue weighted by molar-refractivity contribution is 6.10. The normalized spacial score (nSPS) is 26.9. The Bertz CT molecular complexity index is 817. The van der Waals surface area contributed by atoms with Gasteiger partial charge in [-0.05, 0) is 31.9 Å². The lowest BCUT2D eigenvalue weighted by Gasteiger charge is -2.39. The molecule has 0 radical (unpaired) electrons. The molecule has 1 fully saturated rings. The van der Waals surface area contributed by atoms with Gasteiger partial charge in [-0.3, -0.25) is 4.79 Å². The van der Waals surface area contributed by atoms with E-state index in [0.29, 0.717) is 17.9 Å². The molecule has 2 aromatic carbocycles. The van der Waals surface area contributed by atoms with Crippen LogP contribution in [0.1, 0.15) is 31.9 Å². The topological polar surface area (TPSA) is 44.8 Å². The quantitative estimate of drug-likeness (QED) is 0.837. The summed E-state index contributed by atoms with van der Waals surface area (Å²) in [4.78, 5) is 12.8. The van der Waals surface area contributed by atoms with Crippen LogP contribution in [0.2, 0.25) is 0 Å². The highest BCUT2D eigenvalue weighted by atomic mass is 16.8. The van der Waals surface area contributed by atoms with Gasteiger partial charge in [-0.15, -0.1) is 0 Å². The summed E-state index contributed by atoms with van der Waals surface area (Å²) in [6.45, 7) is 6.03. The molecule has 4 rings (SSSR count). The van der Waals surface area contributed by atoms with Gasteiger partial charge in [0.25, 0.3) is 5.79 Å². The Morgan fingerprint density at radius 1 is 1.00 bits per heavy atom. The summed E-state index contributed by atoms with van der Waals surface area (Å²) in [6, 6.07) is 19.8. The van der Waals surface area contributed by atoms with Gasteiger partial charge in [0.1, 0.15) is 5.60 Å². The molecule has 1 saturated heterocycles. The monoisotopic (exact) mass is 350 g/mol. The first-order valence-electron chi connectivity index (χ1n) is 8.94. The lowest BCUT2D eigenvalue weighted by atomic mass is 9.82. The Kier molecular flexibility index (Phi) is 3.98. The molecule has 0 aromatic heterocycles. The number of benzene rings is 2. The molecule has 0 N–H and O–H groups in total. The van der Waals surface area contributed by atoms with Gasteiger partial charge in [0, 0.05) is 5.57 Å². The van der Waals surface area contributed by atoms with Gasteiger partial charge in [0.05, 0.1) is 12.7 Å². The van der Waals surface area contributed by atoms with Crippen LogP contribution in [0.15, 0.2) is 72.0 Å². The number of hydrogen-bond acceptors (Lipinski definition) is 4. The lowest BCUT2D eigenvalue weighted by Crippen LogP contribution is -2.53. The van der Waals surface area contributed by atoms with Crippen molar-refractivity contribution in [3.8, 4) is 0 Å². The Morgan fingerprint density at radius 3 is 2.04 bits per heavy atom. The third-order valence-electron chi connectivity index (χ3n) is 5.19. The SMILES string of the molecule is CCOC1=C(C)C(=O)C12OC(C)C(c1ccccc1)(c1ccccc1)O2. The Labute approximate surface area is 153 Å². The van der Waals surface area contributed by atoms with E-state index in [4.69, 9.17) is 14.2 Å². The van der Waals surface area contributed by atoms with Crippen molar-refractivity contribution in [2.24, 2.45) is 0 Å². The summed E-state index contributed by atoms with van der Waals surface area (Å²) in [5.74, 6) is -1.13. The maximum atomic E-state index is 12.8. The third-order valence-corrected chi connectivity index (χ3v) is 5.19. The largest absolute Gasteiger partial charge is 0.492 e. The molecule has 134 valence electrons. The standard InChI is InChI=1S/C22H22O4/c1-4-24-20-15(2)19(23)22(20)25-16(3)21(26-22,17-11-7-5-8-12-17)18-13-9-6-10-14-18/h5-14,16H,4H2,1-3H3. The second-order valence-electron chi connectivity index (χ2n) is 6.66. The summed E-state index contributed by atoms with van der Waals surface area (Å²) >= 11 is 0. The molecule has 4 heteroatoms. The van der Waals surface area contributed by atoms with Gasteiger partial charge in [-0.25, -0.2) is 0 Å². The van der Waals surface area contributed by atoms with E-state index in [2.05, 4.69) is 0 Å². The fraction of sp³-hybridized carbons (Fsp3) is 0.318. The van der Waals surface area contributed by atoms with E-state index in [1.807, 2.05) is 74.5 Å². The Balaban J connectivity index is 1.88. The van der Waals surface area contributed by atoms with Crippen molar-refractivity contribution >= 4 is 5.78 Å². The maximum Gasteiger partial charge on any atom is 0.295 e. The summed E-state index contributed by atoms with van der Waals surface area (Å²) in [5, 5.41) is 0. The van der Waals surface area contributed by atoms with Crippen LogP contribution in [0.4, 0.5) is 0 Å². The molecule has 1 spiro atoms. The number of ether oxygens (including phenoxy) is 3. The molecule has 2 atom stereocenters. The van der Waals surface area contributed by atoms with Gasteiger partial charge in [0.15, 0.2) is 5.76 Å². The summed E-state index contributed by atoms with van der Waals surface area (Å²) in [5.41, 5.74) is 1.57. The van der Waals surface area contributed by atoms with E-state index in [1.54, 1.807) is 6.92 Å². The predicted molar refractivity (Wildman–Crippen MR) is 97.4 cm³/mol. The molecule has 26 heavy (non-hydrogen) atoms. The van der Waals surface area contributed by atoms with Crippen LogP contribution >= 0.6 is 0 Å². The van der Waals surface area contributed by atoms with Gasteiger partial charge in [-0.2, -0.15) is 0 Å². The molecule has 4 nitrogen and oxygen atoms in total. The molecule has 0 saturated carbocycles. The van der Waals surface area contributed by atoms with Gasteiger partial charge < -0.3 is 14.2 Å². The molecule has 2 aromatic rings. The van der Waals surface area contributed by atoms with Crippen LogP contribution in [0.5, 0.6) is 0 Å². The van der Waals surface area contributed by atoms with Crippen LogP contribution in [0.25, 0.3) is 0 Å². The van der Waals surface area contributed by atoms with Crippen LogP contribution in [0.3, 0.4) is 0 Å². The average Bonchev–Trinajstić information content (AvgIpc) is 3.03. The van der Waals surface area contributed by atoms with Crippen molar-refractivity contribution < 1.29 is 19.0 Å². The van der Waals surface area contributed by atoms with E-state index in [-0.39, 0.29) is 11.9 Å². The molecule has 1 aliphatic heterocycles. The van der Waals surface area contributed by atoms with E-state index in [9.17, 15) is 4.79 Å². The first-order valence-corrected chi connectivity index (χ1v) is 8.94. The first kappa shape index (κ1) is 17.0. The van der Waals surface area contributed by atoms with Crippen molar-refractivity contribution in [3.05, 3.63) is 83.1 Å². The van der Waals surface area contributed by atoms with E-state index in [0.717, 1.165) is 11.1 Å². The van der Waals surface area contributed by atoms with Crippen LogP contribution in [-0.4, -0.2) is 24.3 Å². The fourth-order valence-electron chi connectivity index (χ4n) is 3.98. The summed E-state index contributed by atoms with van der Waals surface area (Å²) < 4.78 is 18.5. The highest BCUT2D eigenvalue weighted by Crippen LogP contribution is 2.55. The molecular formula is C22H22O4. The zero-order chi connectivity index (χ0) is 18.4. The van der Waals surface area contributed by atoms with Crippen LogP contribution in [0, 0.1) is 0 Å². The minimum atomic E-state index is -1.45. The van der Waals surface area contributed by atoms with Gasteiger partial charge in [0.2, 0.25) is 5.78 Å². The minimum Gasteiger partial charge on any atom is -0.492 e. The van der Waals surface area contributed by atoms with Crippen molar-refractivity contribution in [2.45, 2.75) is 38.3 Å². The number of rotatable bonds is 4. The van der Waals surface area contributed by atoms with E-state index < -0.39 is 11.4 Å². The van der Waals surface area contributed by atoms with Gasteiger partial charge in [-0.1, -0.05) is 60.7 Å². The number of carbonyl (C=O) groups is 1. The second kappa shape index (κ2) is 6.08. The smallest absolute Gasteiger partial charge is 0.295 e. The molecule has 0 amide bonds. The molecule has 0 bridgehead atoms. The minimum absolute atomic E-state index is 0.165. The third kappa shape index (κ3) is 2.12. The number of ketones is 1. The van der Waals surface area contributed by atoms with Crippen molar-refractivity contribution in [1.82, 2.24) is 0 Å². The second-order valence-corrected chi connectivity index (χ2v) is 6.66. The van der Waals surface area contributed by atoms with E-state index in [1.165, 1.54) is 0 Å². The summed E-state index contributed by atoms with van der Waals surface area (Å²) in [7, 11) is 0. The lowest BCUT2D eigenvalue weighted by molar-refractivity contribution is -0.201. The molecule has 1 heterocycles. The van der Waals surface area contributed by atoms with Crippen LogP contribution in [-0.2, 0) is 24.6 Å². The van der Waals surface area contributed by atoms with Crippen molar-refractivity contribution in [1.29, 1.82) is 0 Å². The Hall–Kier alpha value is -2.43. The van der Waals surface area contributed by atoms with Crippen LogP contribution < -0.4 is 0 Å². The summed E-state index contributed by atoms with van der Waals surface area (Å²) in [6.07, 6.45) is -0.375. The van der Waals surface area contributed by atoms with Gasteiger partial charge >= 0.3 is 0 Å². The number of hydrogen-bond donors (Lipinski definition) is 0. The molecule has 2 aliphatic rings. The zero-order valence-electron chi connectivity index (χ0n) is 15.2. The molecule has 2 unspecified atom stereocenters. The maximum absolute atomic E-state index is 12.8. The van der Waals surface area contributed by atoms with E-state index >= 15 is 0 Å². The predicted octanol–water partition coefficient (Wildman–Crippen LogP) is 3.96. The highest BCUT2D eigenvalue weighted by Gasteiger charge is 2.68. The molecular weight excluding hydrogens is 328 g/mol. The van der Waals surface area contributed by atoms with Crippen molar-refractivity contribution in [2.75, 3.05) is 6.61 Å². The zero-order valence-corrected chi connectivity index (χ0v) is 15.2. The van der Waals surface area contributed by atoms with Crippen molar-refractivity contribution in [3.63, 3.8) is 0 Å². The fourth-order valence-corrected chi connectivity index (χ4v) is 3.98. The average molecular weight is 350 g/mol. The number of Topliss-reactive ketones (excluding diaryl/α,β-unsaturated/α-hetero) is 1. The Morgan fingerprint density at radius 2 is 1.54 bits per heavy atom.